The SMILES string of the molecule is Cc1ncsc1-c1ccc([C@H](C)NC(=O)[C@@H]2C[C@@H](O)CN2C(=O)[C@@H](NC(=O)CCCCCCC(=O)N2CCN(C[C@@]3(C)CCC(CN4CCN(c5ccc(C(=O)NS(=O)(=O)c6cc7c(c([N+](=O)[O-])c6)N[C@H](C6CCC(C)(O)CC6)CO7)c(N6CCCOc7nc8[nH]ccc8cc76)c5)CC4)=C(c4ccc(Cl)cc4)C3)CC2)C(C)(C)C)cc1. The molecule has 4 fully saturated rings. The van der Waals surface area contributed by atoms with Crippen LogP contribution in [-0.4, -0.2) is 209 Å². The molecular formula is C86H109ClN14O13S2. The molecular weight excluding hydrogens is 1540 g/mol. The number of piperazine rings is 2. The van der Waals surface area contributed by atoms with Crippen LogP contribution in [0.1, 0.15) is 171 Å². The Morgan fingerprint density at radius 2 is 1.55 bits per heavy atom. The van der Waals surface area contributed by atoms with Gasteiger partial charge in [-0.2, -0.15) is 4.98 Å². The number of amides is 5. The van der Waals surface area contributed by atoms with E-state index in [-0.39, 0.29) is 84.1 Å². The molecule has 0 unspecified atom stereocenters. The lowest BCUT2D eigenvalue weighted by Gasteiger charge is -2.44. The van der Waals surface area contributed by atoms with Crippen molar-refractivity contribution in [1.29, 1.82) is 0 Å². The van der Waals surface area contributed by atoms with Crippen LogP contribution in [0.2, 0.25) is 5.02 Å². The molecule has 7 N–H and O–H groups in total. The number of hydrogen-bond donors (Lipinski definition) is 7. The highest BCUT2D eigenvalue weighted by Crippen LogP contribution is 2.48. The van der Waals surface area contributed by atoms with Crippen molar-refractivity contribution in [1.82, 2.24) is 49.9 Å². The fourth-order valence-corrected chi connectivity index (χ4v) is 19.7. The predicted molar refractivity (Wildman–Crippen MR) is 449 cm³/mol. The average molecular weight is 1650 g/mol. The number of likely N-dealkylation sites (tertiary alicyclic amines) is 1. The van der Waals surface area contributed by atoms with Crippen LogP contribution in [0.15, 0.2) is 113 Å². The number of nitrogens with one attached hydrogen (secondary N) is 5. The Morgan fingerprint density at radius 3 is 2.26 bits per heavy atom. The van der Waals surface area contributed by atoms with E-state index in [0.29, 0.717) is 119 Å². The van der Waals surface area contributed by atoms with Crippen LogP contribution < -0.4 is 39.9 Å². The number of aryl methyl sites for hydroxylation is 1. The number of anilines is 4. The molecule has 7 aromatic rings. The molecule has 0 bridgehead atoms. The second-order valence-corrected chi connectivity index (χ2v) is 37.5. The monoisotopic (exact) mass is 1640 g/mol. The van der Waals surface area contributed by atoms with Gasteiger partial charge in [-0.05, 0) is 166 Å². The fraction of sp³-hybridized carbons (Fsp3) is 0.523. The molecule has 5 aliphatic heterocycles. The summed E-state index contributed by atoms with van der Waals surface area (Å²) in [6, 6.07) is 25.0. The highest BCUT2D eigenvalue weighted by atomic mass is 35.5. The van der Waals surface area contributed by atoms with Gasteiger partial charge in [0.1, 0.15) is 30.0 Å². The Bertz CT molecular complexity index is 4930. The largest absolute Gasteiger partial charge is 0.489 e. The zero-order valence-electron chi connectivity index (χ0n) is 67.4. The Labute approximate surface area is 687 Å². The van der Waals surface area contributed by atoms with Crippen LogP contribution in [0.25, 0.3) is 27.0 Å². The molecule has 1 saturated carbocycles. The number of nitrogens with zero attached hydrogens (tertiary/aromatic N) is 9. The molecule has 0 spiro atoms. The van der Waals surface area contributed by atoms with Crippen molar-refractivity contribution in [2.24, 2.45) is 16.7 Å². The number of thiazole rings is 1. The lowest BCUT2D eigenvalue weighted by Crippen LogP contribution is -2.57. The maximum atomic E-state index is 14.8. The number of carbonyl (C=O) groups excluding carboxylic acids is 5. The van der Waals surface area contributed by atoms with Gasteiger partial charge < -0.3 is 60.2 Å². The van der Waals surface area contributed by atoms with Gasteiger partial charge in [0.05, 0.1) is 67.5 Å². The molecule has 0 radical (unpaired) electrons. The third-order valence-corrected chi connectivity index (χ3v) is 27.1. The standard InChI is InChI=1S/C86H109ClN14O13S2/c1-54(56-15-17-59(18-16-56)77-55(2)89-53-115-77)90-81(106)71-45-64(102)50-100(71)83(107)78(84(3,4)5)92-74(103)13-10-8-9-11-14-75(104)98-40-36-96(37-41-98)52-85(6)29-25-61(67(48-85)57-19-21-62(87)22-20-57)49-95-34-38-97(39-35-95)63-23-24-66(69(44-63)99-33-12-42-113-82-72(99)43-60-28-32-88-79(60)93-82)80(105)94-116(111,112)65-46-70(101(109)110)76-73(47-65)114-51-68(91-76)58-26-30-86(7,108)31-27-58/h15-24,28,32,43-44,46-47,53-54,58,64,68,71,78,91,102,108H,8-14,25-27,29-31,33-42,45,48-52H2,1-7H3,(H,88,93)(H,90,106)(H,92,103)(H,94,105)/t54-,58?,64+,68-,71-,78+,85-,86?/m0/s1. The minimum absolute atomic E-state index is 0.0143. The van der Waals surface area contributed by atoms with E-state index in [1.54, 1.807) is 30.5 Å². The maximum absolute atomic E-state index is 14.8. The molecule has 30 heteroatoms. The van der Waals surface area contributed by atoms with Gasteiger partial charge in [-0.1, -0.05) is 94.1 Å². The van der Waals surface area contributed by atoms with Gasteiger partial charge in [0.25, 0.3) is 21.6 Å². The van der Waals surface area contributed by atoms with Crippen LogP contribution in [0.5, 0.6) is 11.6 Å². The van der Waals surface area contributed by atoms with Gasteiger partial charge in [-0.15, -0.1) is 11.3 Å². The first-order chi connectivity index (χ1) is 55.4. The number of pyridine rings is 1. The van der Waals surface area contributed by atoms with Crippen molar-refractivity contribution in [3.63, 3.8) is 0 Å². The summed E-state index contributed by atoms with van der Waals surface area (Å²) in [5.74, 6) is -1.42. The van der Waals surface area contributed by atoms with Crippen LogP contribution in [0.4, 0.5) is 28.4 Å². The number of nitro benzene ring substituents is 1. The van der Waals surface area contributed by atoms with Gasteiger partial charge in [0, 0.05) is 132 Å². The number of aromatic amines is 1. The fourth-order valence-electron chi connectivity index (χ4n) is 17.8. The third-order valence-electron chi connectivity index (χ3n) is 24.6. The number of sulfonamides is 1. The number of nitro groups is 1. The number of benzene rings is 4. The van der Waals surface area contributed by atoms with Gasteiger partial charge in [0.2, 0.25) is 29.5 Å². The van der Waals surface area contributed by atoms with Crippen LogP contribution in [-0.2, 0) is 29.2 Å². The van der Waals surface area contributed by atoms with E-state index < -0.39 is 66.5 Å². The topological polar surface area (TPSA) is 331 Å². The van der Waals surface area contributed by atoms with E-state index in [4.69, 9.17) is 26.1 Å². The number of fused-ring (bicyclic) bond motifs is 3. The van der Waals surface area contributed by atoms with E-state index in [2.05, 4.69) is 64.4 Å². The first-order valence-electron chi connectivity index (χ1n) is 41.0. The number of hydrogen-bond acceptors (Lipinski definition) is 21. The minimum atomic E-state index is -4.75. The quantitative estimate of drug-likeness (QED) is 0.0159. The number of aromatic nitrogens is 3. The molecule has 620 valence electrons. The van der Waals surface area contributed by atoms with Crippen molar-refractivity contribution in [3.05, 3.63) is 146 Å². The number of β-amino-alcohol motifs (C(OH)–C–C–N with tert-alkyl or cyclic N) is 1. The molecule has 2 aliphatic carbocycles. The molecule has 27 nitrogen and oxygen atoms in total. The van der Waals surface area contributed by atoms with E-state index in [1.807, 2.05) is 111 Å². The van der Waals surface area contributed by atoms with Crippen molar-refractivity contribution in [3.8, 4) is 22.1 Å². The molecule has 116 heavy (non-hydrogen) atoms. The first kappa shape index (κ1) is 83.3. The summed E-state index contributed by atoms with van der Waals surface area (Å²) in [7, 11) is -4.75. The van der Waals surface area contributed by atoms with Crippen molar-refractivity contribution in [2.45, 2.75) is 186 Å². The Kier molecular flexibility index (Phi) is 25.2. The summed E-state index contributed by atoms with van der Waals surface area (Å²) in [6.45, 7) is 21.9. The van der Waals surface area contributed by atoms with Crippen molar-refractivity contribution in [2.75, 3.05) is 107 Å². The summed E-state index contributed by atoms with van der Waals surface area (Å²) in [5, 5.41) is 44.9. The summed E-state index contributed by atoms with van der Waals surface area (Å²) in [5.41, 5.74) is 9.19. The number of rotatable bonds is 25. The normalized spacial score (nSPS) is 22.8. The van der Waals surface area contributed by atoms with Gasteiger partial charge in [-0.25, -0.2) is 18.1 Å². The van der Waals surface area contributed by atoms with Gasteiger partial charge in [-0.3, -0.25) is 43.9 Å². The zero-order valence-corrected chi connectivity index (χ0v) is 69.8. The minimum Gasteiger partial charge on any atom is -0.489 e. The number of aliphatic hydroxyl groups excluding tert-OH is 1. The highest BCUT2D eigenvalue weighted by Gasteiger charge is 2.46. The Morgan fingerprint density at radius 1 is 0.836 bits per heavy atom. The third kappa shape index (κ3) is 19.3. The summed E-state index contributed by atoms with van der Waals surface area (Å²) < 4.78 is 43.5. The number of aliphatic hydroxyl groups is 2. The van der Waals surface area contributed by atoms with Crippen LogP contribution in [0, 0.1) is 33.8 Å². The van der Waals surface area contributed by atoms with Crippen LogP contribution in [0.3, 0.4) is 0 Å². The maximum Gasteiger partial charge on any atom is 0.297 e. The number of unbranched alkanes of at least 4 members (excludes halogenated alkanes) is 3. The molecule has 3 saturated heterocycles. The number of ether oxygens (including phenoxy) is 2. The predicted octanol–water partition coefficient (Wildman–Crippen LogP) is 12.3. The van der Waals surface area contributed by atoms with E-state index >= 15 is 0 Å². The van der Waals surface area contributed by atoms with Crippen molar-refractivity contribution < 1.29 is 57.0 Å². The Hall–Kier alpha value is -9.23. The summed E-state index contributed by atoms with van der Waals surface area (Å²) >= 11 is 8.09. The summed E-state index contributed by atoms with van der Waals surface area (Å²) in [6.07, 6.45) is 10.3. The second kappa shape index (κ2) is 35.1. The molecule has 8 heterocycles. The number of allylic oxidation sites excluding steroid dienone is 1. The molecule has 14 rings (SSSR count). The second-order valence-electron chi connectivity index (χ2n) is 34.5. The molecule has 7 aliphatic rings. The lowest BCUT2D eigenvalue weighted by atomic mass is 9.70. The lowest BCUT2D eigenvalue weighted by molar-refractivity contribution is -0.384. The summed E-state index contributed by atoms with van der Waals surface area (Å²) in [4.78, 5) is 108. The van der Waals surface area contributed by atoms with E-state index in [9.17, 15) is 52.7 Å². The Balaban J connectivity index is 0.562. The molecule has 6 atom stereocenters. The smallest absolute Gasteiger partial charge is 0.297 e. The van der Waals surface area contributed by atoms with E-state index in [1.165, 1.54) is 22.1 Å². The number of carbonyl (C=O) groups is 5. The zero-order chi connectivity index (χ0) is 82.0. The van der Waals surface area contributed by atoms with Gasteiger partial charge >= 0.3 is 0 Å². The molecule has 3 aromatic heterocycles. The average Bonchev–Trinajstić information content (AvgIpc) is 1.19. The highest BCUT2D eigenvalue weighted by molar-refractivity contribution is 7.90. The van der Waals surface area contributed by atoms with Crippen molar-refractivity contribution >= 4 is 108 Å². The molecule has 5 amide bonds. The number of halogens is 1. The van der Waals surface area contributed by atoms with E-state index in [0.717, 1.165) is 116 Å². The van der Waals surface area contributed by atoms with Gasteiger partial charge in [0.15, 0.2) is 11.4 Å². The van der Waals surface area contributed by atoms with Crippen LogP contribution >= 0.6 is 22.9 Å². The molecule has 4 aromatic carbocycles. The number of H-pyrrole nitrogens is 1. The first-order valence-corrected chi connectivity index (χ1v) is 43.7.